The SMILES string of the molecule is CC1CN(C(=O)/C=C/c2ccc([N+](=O)[O-])cc2)C(C)CN1Cc1ccc(F)cc1. The summed E-state index contributed by atoms with van der Waals surface area (Å²) in [7, 11) is 0. The molecule has 0 bridgehead atoms. The van der Waals surface area contributed by atoms with Crippen LogP contribution in [-0.2, 0) is 11.3 Å². The van der Waals surface area contributed by atoms with Gasteiger partial charge in [-0.15, -0.1) is 0 Å². The highest BCUT2D eigenvalue weighted by Gasteiger charge is 2.30. The molecule has 1 saturated heterocycles. The highest BCUT2D eigenvalue weighted by molar-refractivity contribution is 5.92. The van der Waals surface area contributed by atoms with Crippen LogP contribution in [-0.4, -0.2) is 45.8 Å². The van der Waals surface area contributed by atoms with Gasteiger partial charge in [-0.3, -0.25) is 19.8 Å². The molecule has 152 valence electrons. The van der Waals surface area contributed by atoms with Crippen LogP contribution in [0.15, 0.2) is 54.6 Å². The summed E-state index contributed by atoms with van der Waals surface area (Å²) in [4.78, 5) is 27.1. The third-order valence-corrected chi connectivity index (χ3v) is 5.22. The normalized spacial score (nSPS) is 20.2. The molecule has 2 atom stereocenters. The van der Waals surface area contributed by atoms with E-state index in [1.165, 1.54) is 30.3 Å². The lowest BCUT2D eigenvalue weighted by Crippen LogP contribution is -2.57. The smallest absolute Gasteiger partial charge is 0.269 e. The van der Waals surface area contributed by atoms with Gasteiger partial charge in [-0.1, -0.05) is 12.1 Å². The number of carbonyl (C=O) groups excluding carboxylic acids is 1. The molecule has 6 nitrogen and oxygen atoms in total. The van der Waals surface area contributed by atoms with Crippen LogP contribution in [0.2, 0.25) is 0 Å². The molecule has 1 aliphatic rings. The topological polar surface area (TPSA) is 66.7 Å². The van der Waals surface area contributed by atoms with Crippen molar-refractivity contribution in [3.05, 3.63) is 81.7 Å². The third kappa shape index (κ3) is 5.26. The Hall–Kier alpha value is -3.06. The number of nitro benzene ring substituents is 1. The second-order valence-electron chi connectivity index (χ2n) is 7.43. The molecule has 0 saturated carbocycles. The lowest BCUT2D eigenvalue weighted by Gasteiger charge is -2.44. The molecule has 7 heteroatoms. The van der Waals surface area contributed by atoms with Crippen molar-refractivity contribution in [1.29, 1.82) is 0 Å². The lowest BCUT2D eigenvalue weighted by molar-refractivity contribution is -0.384. The molecule has 2 aromatic carbocycles. The van der Waals surface area contributed by atoms with Gasteiger partial charge in [0.15, 0.2) is 0 Å². The molecule has 0 aliphatic carbocycles. The maximum Gasteiger partial charge on any atom is 0.269 e. The predicted molar refractivity (Wildman–Crippen MR) is 110 cm³/mol. The maximum atomic E-state index is 13.1. The molecule has 0 aromatic heterocycles. The van der Waals surface area contributed by atoms with Gasteiger partial charge in [0.25, 0.3) is 5.69 Å². The summed E-state index contributed by atoms with van der Waals surface area (Å²) in [6.07, 6.45) is 3.19. The molecule has 29 heavy (non-hydrogen) atoms. The van der Waals surface area contributed by atoms with Gasteiger partial charge < -0.3 is 4.90 Å². The van der Waals surface area contributed by atoms with Crippen molar-refractivity contribution in [3.63, 3.8) is 0 Å². The number of halogens is 1. The number of nitro groups is 1. The van der Waals surface area contributed by atoms with Gasteiger partial charge in [-0.25, -0.2) is 4.39 Å². The number of amides is 1. The van der Waals surface area contributed by atoms with E-state index < -0.39 is 4.92 Å². The Morgan fingerprint density at radius 1 is 1.10 bits per heavy atom. The van der Waals surface area contributed by atoms with Crippen LogP contribution in [0.4, 0.5) is 10.1 Å². The van der Waals surface area contributed by atoms with Crippen molar-refractivity contribution in [3.8, 4) is 0 Å². The largest absolute Gasteiger partial charge is 0.334 e. The first-order chi connectivity index (χ1) is 13.8. The molecular weight excluding hydrogens is 373 g/mol. The van der Waals surface area contributed by atoms with E-state index in [-0.39, 0.29) is 29.5 Å². The van der Waals surface area contributed by atoms with E-state index >= 15 is 0 Å². The van der Waals surface area contributed by atoms with Crippen LogP contribution < -0.4 is 0 Å². The molecule has 0 radical (unpaired) electrons. The predicted octanol–water partition coefficient (Wildman–Crippen LogP) is 3.87. The first kappa shape index (κ1) is 20.7. The zero-order chi connectivity index (χ0) is 21.0. The van der Waals surface area contributed by atoms with Gasteiger partial charge in [-0.05, 0) is 55.3 Å². The fourth-order valence-corrected chi connectivity index (χ4v) is 3.52. The highest BCUT2D eigenvalue weighted by atomic mass is 19.1. The molecule has 2 aromatic rings. The molecular formula is C22H24FN3O3. The van der Waals surface area contributed by atoms with E-state index in [2.05, 4.69) is 11.8 Å². The zero-order valence-corrected chi connectivity index (χ0v) is 16.5. The van der Waals surface area contributed by atoms with Gasteiger partial charge in [0.1, 0.15) is 5.82 Å². The van der Waals surface area contributed by atoms with E-state index in [4.69, 9.17) is 0 Å². The van der Waals surface area contributed by atoms with Crippen LogP contribution in [0, 0.1) is 15.9 Å². The Balaban J connectivity index is 1.60. The Bertz CT molecular complexity index is 897. The Labute approximate surface area is 169 Å². The van der Waals surface area contributed by atoms with Crippen LogP contribution in [0.5, 0.6) is 0 Å². The number of piperazine rings is 1. The Morgan fingerprint density at radius 2 is 1.76 bits per heavy atom. The molecule has 2 unspecified atom stereocenters. The standard InChI is InChI=1S/C22H24FN3O3/c1-16-14-25(17(2)13-24(16)15-19-3-8-20(23)9-4-19)22(27)12-7-18-5-10-21(11-6-18)26(28)29/h3-12,16-17H,13-15H2,1-2H3/b12-7+. The summed E-state index contributed by atoms with van der Waals surface area (Å²) in [5, 5.41) is 10.7. The molecule has 0 N–H and O–H groups in total. The van der Waals surface area contributed by atoms with E-state index in [0.29, 0.717) is 13.1 Å². The van der Waals surface area contributed by atoms with E-state index in [1.54, 1.807) is 30.3 Å². The van der Waals surface area contributed by atoms with Crippen LogP contribution >= 0.6 is 0 Å². The summed E-state index contributed by atoms with van der Waals surface area (Å²) in [6, 6.07) is 12.8. The van der Waals surface area contributed by atoms with Crippen molar-refractivity contribution in [2.24, 2.45) is 0 Å². The van der Waals surface area contributed by atoms with Gasteiger partial charge in [0.2, 0.25) is 5.91 Å². The minimum Gasteiger partial charge on any atom is -0.334 e. The fraction of sp³-hybridized carbons (Fsp3) is 0.318. The highest BCUT2D eigenvalue weighted by Crippen LogP contribution is 2.19. The lowest BCUT2D eigenvalue weighted by atomic mass is 10.1. The zero-order valence-electron chi connectivity index (χ0n) is 16.5. The van der Waals surface area contributed by atoms with Crippen LogP contribution in [0.25, 0.3) is 6.08 Å². The second-order valence-corrected chi connectivity index (χ2v) is 7.43. The van der Waals surface area contributed by atoms with Crippen molar-refractivity contribution >= 4 is 17.7 Å². The summed E-state index contributed by atoms with van der Waals surface area (Å²) in [5.74, 6) is -0.325. The Kier molecular flexibility index (Phi) is 6.39. The molecule has 1 heterocycles. The first-order valence-electron chi connectivity index (χ1n) is 9.55. The number of rotatable bonds is 5. The molecule has 0 spiro atoms. The first-order valence-corrected chi connectivity index (χ1v) is 9.55. The van der Waals surface area contributed by atoms with Gasteiger partial charge in [-0.2, -0.15) is 0 Å². The summed E-state index contributed by atoms with van der Waals surface area (Å²) in [5.41, 5.74) is 1.80. The molecule has 1 aliphatic heterocycles. The van der Waals surface area contributed by atoms with Crippen LogP contribution in [0.1, 0.15) is 25.0 Å². The molecule has 1 fully saturated rings. The van der Waals surface area contributed by atoms with Crippen LogP contribution in [0.3, 0.4) is 0 Å². The number of carbonyl (C=O) groups is 1. The van der Waals surface area contributed by atoms with Crippen molar-refractivity contribution < 1.29 is 14.1 Å². The van der Waals surface area contributed by atoms with Crippen molar-refractivity contribution in [2.45, 2.75) is 32.5 Å². The average molecular weight is 397 g/mol. The summed E-state index contributed by atoms with van der Waals surface area (Å²) < 4.78 is 13.1. The molecule has 3 rings (SSSR count). The summed E-state index contributed by atoms with van der Waals surface area (Å²) >= 11 is 0. The fourth-order valence-electron chi connectivity index (χ4n) is 3.52. The number of hydrogen-bond acceptors (Lipinski definition) is 4. The minimum absolute atomic E-state index is 0.0215. The van der Waals surface area contributed by atoms with Gasteiger partial charge in [0.05, 0.1) is 4.92 Å². The minimum atomic E-state index is -0.451. The third-order valence-electron chi connectivity index (χ3n) is 5.22. The number of non-ortho nitro benzene ring substituents is 1. The molecule has 1 amide bonds. The van der Waals surface area contributed by atoms with Crippen molar-refractivity contribution in [2.75, 3.05) is 13.1 Å². The summed E-state index contributed by atoms with van der Waals surface area (Å²) in [6.45, 7) is 6.14. The van der Waals surface area contributed by atoms with E-state index in [9.17, 15) is 19.3 Å². The number of nitrogens with zero attached hydrogens (tertiary/aromatic N) is 3. The number of benzene rings is 2. The maximum absolute atomic E-state index is 13.1. The van der Waals surface area contributed by atoms with Gasteiger partial charge >= 0.3 is 0 Å². The van der Waals surface area contributed by atoms with E-state index in [1.807, 2.05) is 11.8 Å². The Morgan fingerprint density at radius 3 is 2.38 bits per heavy atom. The second kappa shape index (κ2) is 8.96. The van der Waals surface area contributed by atoms with Gasteiger partial charge in [0, 0.05) is 49.9 Å². The van der Waals surface area contributed by atoms with Crippen molar-refractivity contribution in [1.82, 2.24) is 9.80 Å². The number of hydrogen-bond donors (Lipinski definition) is 0. The average Bonchev–Trinajstić information content (AvgIpc) is 2.70. The quantitative estimate of drug-likeness (QED) is 0.436. The van der Waals surface area contributed by atoms with E-state index in [0.717, 1.165) is 17.7 Å². The monoisotopic (exact) mass is 397 g/mol.